The zero-order valence-corrected chi connectivity index (χ0v) is 17.1. The maximum absolute atomic E-state index is 13.3. The Balaban J connectivity index is 1.66. The number of hydrogen-bond acceptors (Lipinski definition) is 6. The van der Waals surface area contributed by atoms with Crippen LogP contribution in [-0.2, 0) is 4.79 Å². The van der Waals surface area contributed by atoms with Gasteiger partial charge in [0.1, 0.15) is 11.3 Å². The molecule has 2 atom stereocenters. The van der Waals surface area contributed by atoms with Crippen LogP contribution in [0.5, 0.6) is 17.2 Å². The molecule has 0 spiro atoms. The zero-order chi connectivity index (χ0) is 22.2. The van der Waals surface area contributed by atoms with Gasteiger partial charge in [-0.05, 0) is 42.0 Å². The molecule has 0 saturated heterocycles. The minimum absolute atomic E-state index is 0.106. The molecule has 3 aromatic carbocycles. The van der Waals surface area contributed by atoms with Gasteiger partial charge in [0.2, 0.25) is 0 Å². The molecular weight excluding hydrogens is 410 g/mol. The third-order valence-electron chi connectivity index (χ3n) is 5.52. The van der Waals surface area contributed by atoms with Crippen molar-refractivity contribution in [2.75, 3.05) is 12.4 Å². The van der Waals surface area contributed by atoms with E-state index in [1.807, 2.05) is 6.07 Å². The van der Waals surface area contributed by atoms with E-state index < -0.39 is 23.6 Å². The van der Waals surface area contributed by atoms with Crippen LogP contribution in [0.1, 0.15) is 17.0 Å². The highest BCUT2D eigenvalue weighted by molar-refractivity contribution is 5.97. The molecule has 7 nitrogen and oxygen atoms in total. The standard InChI is InChI=1S/C25H19NO6/c1-30-19-12-11-14(13-17(19)27)20-21-22(16-9-5-6-10-18(16)31-25(21)29)32-23(20)24(28)26-15-7-3-2-4-8-15/h2-13,20,23,27H,1H3,(H,26,28)/t20-,23+/m1/s1. The van der Waals surface area contributed by atoms with Crippen LogP contribution in [-0.4, -0.2) is 24.2 Å². The SMILES string of the molecule is COc1ccc([C@@H]2c3c(c4ccccc4oc3=O)O[C@@H]2C(=O)Nc2ccccc2)cc1O. The Kier molecular flexibility index (Phi) is 4.78. The first-order valence-electron chi connectivity index (χ1n) is 10.0. The summed E-state index contributed by atoms with van der Waals surface area (Å²) in [7, 11) is 1.44. The molecule has 4 aromatic rings. The number of anilines is 1. The fourth-order valence-corrected chi connectivity index (χ4v) is 4.06. The summed E-state index contributed by atoms with van der Waals surface area (Å²) in [5.41, 5.74) is 1.15. The number of ether oxygens (including phenoxy) is 2. The van der Waals surface area contributed by atoms with Gasteiger partial charge in [-0.2, -0.15) is 0 Å². The minimum Gasteiger partial charge on any atom is -0.504 e. The Bertz CT molecular complexity index is 1380. The van der Waals surface area contributed by atoms with E-state index in [4.69, 9.17) is 13.9 Å². The molecule has 0 unspecified atom stereocenters. The smallest absolute Gasteiger partial charge is 0.344 e. The Morgan fingerprint density at radius 1 is 1.03 bits per heavy atom. The van der Waals surface area contributed by atoms with Crippen LogP contribution in [0.2, 0.25) is 0 Å². The van der Waals surface area contributed by atoms with Crippen molar-refractivity contribution in [1.29, 1.82) is 0 Å². The van der Waals surface area contributed by atoms with E-state index in [0.29, 0.717) is 28.0 Å². The van der Waals surface area contributed by atoms with Gasteiger partial charge in [-0.1, -0.05) is 36.4 Å². The van der Waals surface area contributed by atoms with Crippen molar-refractivity contribution in [1.82, 2.24) is 0 Å². The van der Waals surface area contributed by atoms with E-state index in [-0.39, 0.29) is 17.1 Å². The topological polar surface area (TPSA) is 98.0 Å². The van der Waals surface area contributed by atoms with Crippen LogP contribution in [0.3, 0.4) is 0 Å². The summed E-state index contributed by atoms with van der Waals surface area (Å²) in [6, 6.07) is 20.7. The fourth-order valence-electron chi connectivity index (χ4n) is 4.06. The first kappa shape index (κ1) is 19.7. The molecule has 0 radical (unpaired) electrons. The second kappa shape index (κ2) is 7.77. The molecule has 32 heavy (non-hydrogen) atoms. The summed E-state index contributed by atoms with van der Waals surface area (Å²) in [6.45, 7) is 0. The molecule has 1 amide bonds. The van der Waals surface area contributed by atoms with Crippen LogP contribution in [0.25, 0.3) is 11.0 Å². The van der Waals surface area contributed by atoms with Crippen molar-refractivity contribution >= 4 is 22.6 Å². The molecule has 5 rings (SSSR count). The van der Waals surface area contributed by atoms with Gasteiger partial charge in [0.05, 0.1) is 24.0 Å². The largest absolute Gasteiger partial charge is 0.504 e. The highest BCUT2D eigenvalue weighted by Gasteiger charge is 2.44. The number of benzene rings is 3. The molecule has 2 heterocycles. The molecule has 0 bridgehead atoms. The Morgan fingerprint density at radius 3 is 2.53 bits per heavy atom. The van der Waals surface area contributed by atoms with E-state index >= 15 is 0 Å². The molecule has 1 aliphatic rings. The number of amides is 1. The van der Waals surface area contributed by atoms with Crippen molar-refractivity contribution in [2.45, 2.75) is 12.0 Å². The van der Waals surface area contributed by atoms with E-state index in [2.05, 4.69) is 5.32 Å². The van der Waals surface area contributed by atoms with Crippen molar-refractivity contribution in [3.8, 4) is 17.2 Å². The number of rotatable bonds is 4. The van der Waals surface area contributed by atoms with Gasteiger partial charge in [0, 0.05) is 5.69 Å². The van der Waals surface area contributed by atoms with Crippen molar-refractivity contribution in [2.24, 2.45) is 0 Å². The monoisotopic (exact) mass is 429 g/mol. The van der Waals surface area contributed by atoms with Gasteiger partial charge in [0.15, 0.2) is 17.6 Å². The molecular formula is C25H19NO6. The quantitative estimate of drug-likeness (QED) is 0.475. The average molecular weight is 429 g/mol. The molecule has 7 heteroatoms. The predicted octanol–water partition coefficient (Wildman–Crippen LogP) is 4.04. The number of hydrogen-bond donors (Lipinski definition) is 2. The number of para-hydroxylation sites is 2. The summed E-state index contributed by atoms with van der Waals surface area (Å²) >= 11 is 0. The van der Waals surface area contributed by atoms with Crippen molar-refractivity contribution < 1.29 is 23.8 Å². The number of phenolic OH excluding ortho intramolecular Hbond substituents is 1. The maximum Gasteiger partial charge on any atom is 0.344 e. The minimum atomic E-state index is -1.05. The zero-order valence-electron chi connectivity index (χ0n) is 17.1. The van der Waals surface area contributed by atoms with Crippen LogP contribution in [0.4, 0.5) is 5.69 Å². The van der Waals surface area contributed by atoms with Gasteiger partial charge in [-0.3, -0.25) is 4.79 Å². The summed E-state index contributed by atoms with van der Waals surface area (Å²) in [6.07, 6.45) is -1.05. The normalized spacial score (nSPS) is 16.9. The Morgan fingerprint density at radius 2 is 1.78 bits per heavy atom. The number of phenols is 1. The third kappa shape index (κ3) is 3.24. The first-order valence-corrected chi connectivity index (χ1v) is 10.0. The Labute approximate surface area is 182 Å². The van der Waals surface area contributed by atoms with Crippen molar-refractivity contribution in [3.63, 3.8) is 0 Å². The van der Waals surface area contributed by atoms with Gasteiger partial charge in [-0.15, -0.1) is 0 Å². The van der Waals surface area contributed by atoms with Gasteiger partial charge < -0.3 is 24.3 Å². The highest BCUT2D eigenvalue weighted by Crippen LogP contribution is 2.45. The number of fused-ring (bicyclic) bond motifs is 3. The molecule has 0 saturated carbocycles. The number of methoxy groups -OCH3 is 1. The van der Waals surface area contributed by atoms with Crippen LogP contribution >= 0.6 is 0 Å². The molecule has 0 fully saturated rings. The van der Waals surface area contributed by atoms with E-state index in [1.165, 1.54) is 13.2 Å². The van der Waals surface area contributed by atoms with Crippen molar-refractivity contribution in [3.05, 3.63) is 94.3 Å². The predicted molar refractivity (Wildman–Crippen MR) is 118 cm³/mol. The lowest BCUT2D eigenvalue weighted by atomic mass is 9.88. The van der Waals surface area contributed by atoms with E-state index in [9.17, 15) is 14.7 Å². The third-order valence-corrected chi connectivity index (χ3v) is 5.52. The van der Waals surface area contributed by atoms with E-state index in [0.717, 1.165) is 0 Å². The second-order valence-electron chi connectivity index (χ2n) is 7.43. The summed E-state index contributed by atoms with van der Waals surface area (Å²) in [5, 5.41) is 13.8. The summed E-state index contributed by atoms with van der Waals surface area (Å²) in [4.78, 5) is 26.2. The van der Waals surface area contributed by atoms with Gasteiger partial charge in [0.25, 0.3) is 5.91 Å². The number of carbonyl (C=O) groups excluding carboxylic acids is 1. The van der Waals surface area contributed by atoms with Gasteiger partial charge in [-0.25, -0.2) is 4.79 Å². The van der Waals surface area contributed by atoms with Gasteiger partial charge >= 0.3 is 5.63 Å². The number of carbonyl (C=O) groups is 1. The summed E-state index contributed by atoms with van der Waals surface area (Å²) in [5.74, 6) is -0.720. The lowest BCUT2D eigenvalue weighted by Crippen LogP contribution is -2.35. The highest BCUT2D eigenvalue weighted by atomic mass is 16.5. The molecule has 1 aromatic heterocycles. The fraction of sp³-hybridized carbons (Fsp3) is 0.120. The summed E-state index contributed by atoms with van der Waals surface area (Å²) < 4.78 is 16.8. The number of nitrogens with one attached hydrogen (secondary N) is 1. The lowest BCUT2D eigenvalue weighted by Gasteiger charge is -2.19. The van der Waals surface area contributed by atoms with Crippen LogP contribution in [0.15, 0.2) is 82.0 Å². The molecule has 0 aliphatic carbocycles. The molecule has 160 valence electrons. The molecule has 1 aliphatic heterocycles. The maximum atomic E-state index is 13.3. The first-order chi connectivity index (χ1) is 15.6. The average Bonchev–Trinajstić information content (AvgIpc) is 3.22. The van der Waals surface area contributed by atoms with Crippen LogP contribution in [0, 0.1) is 0 Å². The number of aromatic hydroxyl groups is 1. The Hall–Kier alpha value is -4.26. The van der Waals surface area contributed by atoms with E-state index in [1.54, 1.807) is 60.7 Å². The molecule has 2 N–H and O–H groups in total. The van der Waals surface area contributed by atoms with Crippen LogP contribution < -0.4 is 20.4 Å². The lowest BCUT2D eigenvalue weighted by molar-refractivity contribution is -0.122. The second-order valence-corrected chi connectivity index (χ2v) is 7.43.